The minimum absolute atomic E-state index is 0.0122. The summed E-state index contributed by atoms with van der Waals surface area (Å²) in [5, 5.41) is 3.06. The SMILES string of the molecule is O=C(NCCn1c(=O)c(=O)[nH]c2ccccc21)c1c[nH]c2ccccc2c1=O. The largest absolute Gasteiger partial charge is 0.360 e. The number of hydrogen-bond donors (Lipinski definition) is 3. The van der Waals surface area contributed by atoms with Crippen molar-refractivity contribution in [1.82, 2.24) is 19.9 Å². The Balaban J connectivity index is 1.58. The van der Waals surface area contributed by atoms with Gasteiger partial charge >= 0.3 is 11.1 Å². The maximum Gasteiger partial charge on any atom is 0.316 e. The smallest absolute Gasteiger partial charge is 0.316 e. The van der Waals surface area contributed by atoms with Gasteiger partial charge in [-0.25, -0.2) is 0 Å². The molecule has 140 valence electrons. The van der Waals surface area contributed by atoms with E-state index in [4.69, 9.17) is 0 Å². The summed E-state index contributed by atoms with van der Waals surface area (Å²) in [6, 6.07) is 13.8. The third-order valence-corrected chi connectivity index (χ3v) is 4.54. The molecule has 0 fully saturated rings. The average Bonchev–Trinajstić information content (AvgIpc) is 2.71. The van der Waals surface area contributed by atoms with E-state index >= 15 is 0 Å². The van der Waals surface area contributed by atoms with Gasteiger partial charge in [0, 0.05) is 30.2 Å². The van der Waals surface area contributed by atoms with Gasteiger partial charge in [0.2, 0.25) is 5.43 Å². The highest BCUT2D eigenvalue weighted by Gasteiger charge is 2.13. The summed E-state index contributed by atoms with van der Waals surface area (Å²) in [7, 11) is 0. The first-order valence-electron chi connectivity index (χ1n) is 8.67. The summed E-state index contributed by atoms with van der Waals surface area (Å²) in [5.74, 6) is -0.547. The number of H-pyrrole nitrogens is 2. The predicted molar refractivity (Wildman–Crippen MR) is 106 cm³/mol. The molecule has 4 aromatic rings. The zero-order chi connectivity index (χ0) is 19.7. The van der Waals surface area contributed by atoms with Crippen LogP contribution in [-0.4, -0.2) is 27.0 Å². The molecule has 0 saturated heterocycles. The van der Waals surface area contributed by atoms with Gasteiger partial charge in [0.1, 0.15) is 5.56 Å². The molecule has 0 bridgehead atoms. The Morgan fingerprint density at radius 2 is 1.68 bits per heavy atom. The monoisotopic (exact) mass is 376 g/mol. The molecule has 0 aliphatic carbocycles. The van der Waals surface area contributed by atoms with Crippen LogP contribution in [0.2, 0.25) is 0 Å². The standard InChI is InChI=1S/C20H16N4O4/c25-17-12-5-1-2-6-14(12)22-11-13(17)18(26)21-9-10-24-16-8-4-3-7-15(16)23-19(27)20(24)28/h1-8,11H,9-10H2,(H,21,26)(H,22,25)(H,23,27). The van der Waals surface area contributed by atoms with Crippen molar-refractivity contribution in [2.24, 2.45) is 0 Å². The molecular weight excluding hydrogens is 360 g/mol. The average molecular weight is 376 g/mol. The predicted octanol–water partition coefficient (Wildman–Crippen LogP) is 0.961. The van der Waals surface area contributed by atoms with Gasteiger partial charge < -0.3 is 19.9 Å². The van der Waals surface area contributed by atoms with E-state index in [0.29, 0.717) is 21.9 Å². The van der Waals surface area contributed by atoms with Gasteiger partial charge in [-0.3, -0.25) is 19.2 Å². The zero-order valence-electron chi connectivity index (χ0n) is 14.7. The molecule has 8 nitrogen and oxygen atoms in total. The number of nitrogens with one attached hydrogen (secondary N) is 3. The van der Waals surface area contributed by atoms with Gasteiger partial charge in [0.25, 0.3) is 5.91 Å². The molecular formula is C20H16N4O4. The molecule has 4 rings (SSSR count). The number of pyridine rings is 1. The molecule has 0 spiro atoms. The van der Waals surface area contributed by atoms with Crippen molar-refractivity contribution in [3.8, 4) is 0 Å². The molecule has 0 unspecified atom stereocenters. The fourth-order valence-corrected chi connectivity index (χ4v) is 3.16. The summed E-state index contributed by atoms with van der Waals surface area (Å²) in [6.07, 6.45) is 1.37. The van der Waals surface area contributed by atoms with Gasteiger partial charge in [-0.05, 0) is 24.3 Å². The normalized spacial score (nSPS) is 11.0. The fraction of sp³-hybridized carbons (Fsp3) is 0.100. The molecule has 28 heavy (non-hydrogen) atoms. The molecule has 8 heteroatoms. The first-order valence-corrected chi connectivity index (χ1v) is 8.67. The van der Waals surface area contributed by atoms with Crippen LogP contribution in [0.15, 0.2) is 69.1 Å². The number of benzene rings is 2. The number of nitrogens with zero attached hydrogens (tertiary/aromatic N) is 1. The Labute approximate surface area is 157 Å². The Morgan fingerprint density at radius 1 is 0.964 bits per heavy atom. The van der Waals surface area contributed by atoms with Crippen molar-refractivity contribution in [3.63, 3.8) is 0 Å². The van der Waals surface area contributed by atoms with Gasteiger partial charge in [0.15, 0.2) is 0 Å². The number of rotatable bonds is 4. The van der Waals surface area contributed by atoms with E-state index in [1.54, 1.807) is 48.5 Å². The third-order valence-electron chi connectivity index (χ3n) is 4.54. The van der Waals surface area contributed by atoms with Crippen LogP contribution in [0, 0.1) is 0 Å². The second-order valence-electron chi connectivity index (χ2n) is 6.26. The Morgan fingerprint density at radius 3 is 2.50 bits per heavy atom. The van der Waals surface area contributed by atoms with Gasteiger partial charge in [-0.15, -0.1) is 0 Å². The highest BCUT2D eigenvalue weighted by molar-refractivity contribution is 5.97. The quantitative estimate of drug-likeness (QED) is 0.460. The number of carbonyl (C=O) groups is 1. The van der Waals surface area contributed by atoms with Crippen molar-refractivity contribution < 1.29 is 4.79 Å². The van der Waals surface area contributed by atoms with E-state index in [2.05, 4.69) is 15.3 Å². The lowest BCUT2D eigenvalue weighted by molar-refractivity contribution is 0.0951. The lowest BCUT2D eigenvalue weighted by atomic mass is 10.1. The summed E-state index contributed by atoms with van der Waals surface area (Å²) in [5.41, 5.74) is -0.0696. The minimum Gasteiger partial charge on any atom is -0.360 e. The van der Waals surface area contributed by atoms with Crippen molar-refractivity contribution in [1.29, 1.82) is 0 Å². The Hall–Kier alpha value is -3.94. The first-order chi connectivity index (χ1) is 13.6. The number of aromatic amines is 2. The van der Waals surface area contributed by atoms with Crippen LogP contribution in [-0.2, 0) is 6.54 Å². The van der Waals surface area contributed by atoms with Crippen molar-refractivity contribution in [2.75, 3.05) is 6.54 Å². The molecule has 0 atom stereocenters. The second kappa shape index (κ2) is 6.99. The highest BCUT2D eigenvalue weighted by atomic mass is 16.2. The Bertz CT molecular complexity index is 1380. The molecule has 0 saturated carbocycles. The molecule has 1 amide bonds. The molecule has 3 N–H and O–H groups in total. The number of aromatic nitrogens is 3. The number of hydrogen-bond acceptors (Lipinski definition) is 4. The van der Waals surface area contributed by atoms with E-state index in [0.717, 1.165) is 0 Å². The first kappa shape index (κ1) is 17.5. The maximum atomic E-state index is 12.5. The van der Waals surface area contributed by atoms with Crippen molar-refractivity contribution >= 4 is 27.8 Å². The number of amides is 1. The maximum absolute atomic E-state index is 12.5. The van der Waals surface area contributed by atoms with Crippen molar-refractivity contribution in [2.45, 2.75) is 6.54 Å². The van der Waals surface area contributed by atoms with Gasteiger partial charge in [0.05, 0.1) is 11.0 Å². The molecule has 0 aliphatic rings. The lowest BCUT2D eigenvalue weighted by Crippen LogP contribution is -2.39. The van der Waals surface area contributed by atoms with E-state index in [-0.39, 0.29) is 24.1 Å². The number of carbonyl (C=O) groups excluding carboxylic acids is 1. The topological polar surface area (TPSA) is 117 Å². The van der Waals surface area contributed by atoms with Crippen LogP contribution in [0.25, 0.3) is 21.9 Å². The number of para-hydroxylation sites is 3. The molecule has 0 radical (unpaired) electrons. The molecule has 2 aromatic heterocycles. The van der Waals surface area contributed by atoms with Gasteiger partial charge in [-0.2, -0.15) is 0 Å². The zero-order valence-corrected chi connectivity index (χ0v) is 14.7. The summed E-state index contributed by atoms with van der Waals surface area (Å²) >= 11 is 0. The minimum atomic E-state index is -0.726. The van der Waals surface area contributed by atoms with Crippen LogP contribution >= 0.6 is 0 Å². The summed E-state index contributed by atoms with van der Waals surface area (Å²) in [6.45, 7) is 0.180. The van der Waals surface area contributed by atoms with E-state index in [1.165, 1.54) is 10.8 Å². The third kappa shape index (κ3) is 3.01. The molecule has 2 aromatic carbocycles. The van der Waals surface area contributed by atoms with Crippen LogP contribution in [0.3, 0.4) is 0 Å². The second-order valence-corrected chi connectivity index (χ2v) is 6.26. The van der Waals surface area contributed by atoms with Crippen LogP contribution in [0.1, 0.15) is 10.4 Å². The van der Waals surface area contributed by atoms with Crippen LogP contribution in [0.4, 0.5) is 0 Å². The van der Waals surface area contributed by atoms with Crippen LogP contribution < -0.4 is 21.9 Å². The Kier molecular flexibility index (Phi) is 4.36. The van der Waals surface area contributed by atoms with Crippen LogP contribution in [0.5, 0.6) is 0 Å². The van der Waals surface area contributed by atoms with Crippen molar-refractivity contribution in [3.05, 3.63) is 91.2 Å². The highest BCUT2D eigenvalue weighted by Crippen LogP contribution is 2.08. The van der Waals surface area contributed by atoms with Gasteiger partial charge in [-0.1, -0.05) is 24.3 Å². The molecule has 0 aliphatic heterocycles. The fourth-order valence-electron chi connectivity index (χ4n) is 3.16. The number of fused-ring (bicyclic) bond motifs is 2. The lowest BCUT2D eigenvalue weighted by Gasteiger charge is -2.10. The van der Waals surface area contributed by atoms with E-state index in [1.807, 2.05) is 0 Å². The summed E-state index contributed by atoms with van der Waals surface area (Å²) in [4.78, 5) is 54.4. The van der Waals surface area contributed by atoms with E-state index in [9.17, 15) is 19.2 Å². The molecule has 2 heterocycles. The summed E-state index contributed by atoms with van der Waals surface area (Å²) < 4.78 is 1.30. The van der Waals surface area contributed by atoms with E-state index < -0.39 is 17.0 Å².